The molecule has 0 bridgehead atoms. The zero-order chi connectivity index (χ0) is 27.1. The van der Waals surface area contributed by atoms with E-state index in [4.69, 9.17) is 16.3 Å². The van der Waals surface area contributed by atoms with E-state index in [0.29, 0.717) is 29.8 Å². The number of fused-ring (bicyclic) bond motifs is 2. The second-order valence-corrected chi connectivity index (χ2v) is 11.5. The zero-order valence-corrected chi connectivity index (χ0v) is 22.4. The number of carboxylic acids is 1. The number of rotatable bonds is 5. The first kappa shape index (κ1) is 26.5. The van der Waals surface area contributed by atoms with Crippen molar-refractivity contribution in [2.24, 2.45) is 11.3 Å². The van der Waals surface area contributed by atoms with Gasteiger partial charge >= 0.3 is 5.97 Å². The largest absolute Gasteiger partial charge is 0.618 e. The van der Waals surface area contributed by atoms with E-state index in [2.05, 4.69) is 24.8 Å². The van der Waals surface area contributed by atoms with Gasteiger partial charge in [-0.3, -0.25) is 0 Å². The van der Waals surface area contributed by atoms with Crippen LogP contribution in [0, 0.1) is 16.5 Å². The van der Waals surface area contributed by atoms with Crippen LogP contribution in [0.25, 0.3) is 5.57 Å². The van der Waals surface area contributed by atoms with E-state index < -0.39 is 11.6 Å². The Balaban J connectivity index is 1.38. The molecule has 7 nitrogen and oxygen atoms in total. The monoisotopic (exact) mass is 536 g/mol. The second kappa shape index (κ2) is 10.2. The molecule has 2 N–H and O–H groups in total. The summed E-state index contributed by atoms with van der Waals surface area (Å²) in [4.78, 5) is 14.1. The predicted molar refractivity (Wildman–Crippen MR) is 146 cm³/mol. The third-order valence-electron chi connectivity index (χ3n) is 8.29. The minimum atomic E-state index is -1.02. The molecular formula is C30H33ClN2O5. The van der Waals surface area contributed by atoms with E-state index in [1.807, 2.05) is 24.3 Å². The Labute approximate surface area is 227 Å². The lowest BCUT2D eigenvalue weighted by atomic mass is 9.62. The summed E-state index contributed by atoms with van der Waals surface area (Å²) in [5.41, 5.74) is 1.71. The molecule has 3 heterocycles. The van der Waals surface area contributed by atoms with Crippen LogP contribution < -0.4 is 9.47 Å². The lowest BCUT2D eigenvalue weighted by molar-refractivity contribution is -0.616. The number of halogens is 1. The summed E-state index contributed by atoms with van der Waals surface area (Å²) in [6.07, 6.45) is 11.5. The van der Waals surface area contributed by atoms with Crippen LogP contribution in [-0.2, 0) is 6.61 Å². The third-order valence-corrected chi connectivity index (χ3v) is 8.57. The summed E-state index contributed by atoms with van der Waals surface area (Å²) in [5, 5.41) is 34.6. The van der Waals surface area contributed by atoms with E-state index in [-0.39, 0.29) is 23.5 Å². The van der Waals surface area contributed by atoms with E-state index >= 15 is 0 Å². The number of allylic oxidation sites excluding steroid dienone is 3. The molecule has 1 aromatic heterocycles. The molecule has 2 atom stereocenters. The van der Waals surface area contributed by atoms with Gasteiger partial charge in [-0.15, -0.1) is 0 Å². The van der Waals surface area contributed by atoms with Crippen LogP contribution in [0.1, 0.15) is 60.3 Å². The van der Waals surface area contributed by atoms with Crippen LogP contribution in [-0.4, -0.2) is 46.3 Å². The van der Waals surface area contributed by atoms with Gasteiger partial charge < -0.3 is 25.1 Å². The van der Waals surface area contributed by atoms with E-state index in [0.717, 1.165) is 47.0 Å². The fraction of sp³-hybridized carbons (Fsp3) is 0.400. The third kappa shape index (κ3) is 4.86. The topological polar surface area (TPSA) is 96.9 Å². The molecule has 3 aliphatic rings. The van der Waals surface area contributed by atoms with Gasteiger partial charge in [0.05, 0.1) is 16.7 Å². The van der Waals surface area contributed by atoms with Gasteiger partial charge in [-0.1, -0.05) is 43.7 Å². The maximum Gasteiger partial charge on any atom is 0.335 e. The Bertz CT molecular complexity index is 1350. The molecule has 0 spiro atoms. The highest BCUT2D eigenvalue weighted by Gasteiger charge is 2.51. The molecule has 200 valence electrons. The van der Waals surface area contributed by atoms with E-state index in [1.165, 1.54) is 12.3 Å². The Morgan fingerprint density at radius 2 is 2.13 bits per heavy atom. The quantitative estimate of drug-likeness (QED) is 0.417. The van der Waals surface area contributed by atoms with Crippen molar-refractivity contribution >= 4 is 23.1 Å². The van der Waals surface area contributed by atoms with Crippen LogP contribution >= 0.6 is 11.6 Å². The first-order valence-corrected chi connectivity index (χ1v) is 13.4. The highest BCUT2D eigenvalue weighted by Crippen LogP contribution is 2.46. The van der Waals surface area contributed by atoms with Crippen molar-refractivity contribution in [1.29, 1.82) is 0 Å². The first-order chi connectivity index (χ1) is 18.1. The Morgan fingerprint density at radius 3 is 2.84 bits per heavy atom. The average molecular weight is 537 g/mol. The number of pyridine rings is 1. The van der Waals surface area contributed by atoms with Crippen LogP contribution in [0.5, 0.6) is 5.75 Å². The number of ether oxygens (including phenoxy) is 1. The van der Waals surface area contributed by atoms with Crippen molar-refractivity contribution in [3.63, 3.8) is 0 Å². The maximum atomic E-state index is 12.6. The highest BCUT2D eigenvalue weighted by atomic mass is 35.5. The Morgan fingerprint density at radius 1 is 1.32 bits per heavy atom. The van der Waals surface area contributed by atoms with Crippen LogP contribution in [0.15, 0.2) is 65.9 Å². The smallest absolute Gasteiger partial charge is 0.335 e. The molecule has 8 heteroatoms. The van der Waals surface area contributed by atoms with E-state index in [9.17, 15) is 20.2 Å². The van der Waals surface area contributed by atoms with Crippen molar-refractivity contribution in [3.05, 3.63) is 93.5 Å². The molecule has 0 radical (unpaired) electrons. The van der Waals surface area contributed by atoms with Gasteiger partial charge in [0.15, 0.2) is 12.8 Å². The summed E-state index contributed by atoms with van der Waals surface area (Å²) in [7, 11) is 0. The van der Waals surface area contributed by atoms with Crippen LogP contribution in [0.3, 0.4) is 0 Å². The van der Waals surface area contributed by atoms with Crippen LogP contribution in [0.4, 0.5) is 0 Å². The fourth-order valence-corrected chi connectivity index (χ4v) is 6.24. The molecule has 1 saturated heterocycles. The van der Waals surface area contributed by atoms with Gasteiger partial charge in [-0.25, -0.2) is 4.79 Å². The molecule has 1 aromatic carbocycles. The van der Waals surface area contributed by atoms with Gasteiger partial charge in [-0.05, 0) is 55.2 Å². The number of hydrogen-bond donors (Lipinski definition) is 2. The summed E-state index contributed by atoms with van der Waals surface area (Å²) >= 11 is 6.11. The van der Waals surface area contributed by atoms with Crippen molar-refractivity contribution in [3.8, 4) is 5.75 Å². The maximum absolute atomic E-state index is 12.6. The molecule has 1 unspecified atom stereocenters. The standard InChI is InChI=1S/C30H33ClN2O5/c1-29(2)19-32(16-13-30(29,36)21-8-10-22(31)11-9-21)14-3-5-23-24-6-4-15-33(37)26(24)18-38-27-12-7-20(28(34)35)17-25(23)27/h4-8,10-12,15,17,21,36H,3,9,13-14,16,18-19H2,1-2H3,(H,34,35)/t21?,30-/m1/s1. The van der Waals surface area contributed by atoms with Crippen LogP contribution in [0.2, 0.25) is 0 Å². The van der Waals surface area contributed by atoms with Crippen molar-refractivity contribution in [1.82, 2.24) is 4.90 Å². The normalized spacial score (nSPS) is 25.6. The number of aliphatic hydroxyl groups is 1. The Kier molecular flexibility index (Phi) is 7.11. The first-order valence-electron chi connectivity index (χ1n) is 13.0. The molecule has 0 saturated carbocycles. The number of benzene rings is 1. The molecule has 0 amide bonds. The molecule has 38 heavy (non-hydrogen) atoms. The molecule has 1 fully saturated rings. The number of nitrogens with zero attached hydrogens (tertiary/aromatic N) is 2. The average Bonchev–Trinajstić information content (AvgIpc) is 3.04. The van der Waals surface area contributed by atoms with E-state index in [1.54, 1.807) is 18.2 Å². The van der Waals surface area contributed by atoms with Gasteiger partial charge in [0.2, 0.25) is 5.69 Å². The zero-order valence-electron chi connectivity index (χ0n) is 21.7. The number of carbonyl (C=O) groups is 1. The second-order valence-electron chi connectivity index (χ2n) is 11.0. The van der Waals surface area contributed by atoms with Crippen molar-refractivity contribution < 1.29 is 24.5 Å². The van der Waals surface area contributed by atoms with Gasteiger partial charge in [0, 0.05) is 47.6 Å². The molecular weight excluding hydrogens is 504 g/mol. The number of aromatic carboxylic acids is 1. The lowest BCUT2D eigenvalue weighted by Gasteiger charge is -2.53. The number of aromatic nitrogens is 1. The summed E-state index contributed by atoms with van der Waals surface area (Å²) in [6.45, 7) is 6.64. The summed E-state index contributed by atoms with van der Waals surface area (Å²) < 4.78 is 6.73. The number of likely N-dealkylation sites (tertiary alicyclic amines) is 1. The molecule has 5 rings (SSSR count). The number of carboxylic acid groups (broad SMARTS) is 1. The lowest BCUT2D eigenvalue weighted by Crippen LogP contribution is -2.60. The minimum absolute atomic E-state index is 0.0329. The summed E-state index contributed by atoms with van der Waals surface area (Å²) in [6, 6.07) is 8.36. The number of piperidine rings is 1. The van der Waals surface area contributed by atoms with Crippen molar-refractivity contribution in [2.45, 2.75) is 45.3 Å². The van der Waals surface area contributed by atoms with Crippen molar-refractivity contribution in [2.75, 3.05) is 19.6 Å². The molecule has 2 aromatic rings. The highest BCUT2D eigenvalue weighted by molar-refractivity contribution is 6.31. The Hall–Kier alpha value is -3.13. The van der Waals surface area contributed by atoms with Gasteiger partial charge in [-0.2, -0.15) is 4.73 Å². The van der Waals surface area contributed by atoms with Gasteiger partial charge in [0.25, 0.3) is 0 Å². The SMILES string of the molecule is CC1(C)CN(CCC=C2c3cc(C(=O)O)ccc3OCc3c2ccc[n+]3[O-])CC[C@@]1(O)C1C=CC(Cl)=CC1. The van der Waals surface area contributed by atoms with Gasteiger partial charge in [0.1, 0.15) is 5.75 Å². The molecule has 2 aliphatic heterocycles. The minimum Gasteiger partial charge on any atom is -0.618 e. The number of hydrogen-bond acceptors (Lipinski definition) is 5. The fourth-order valence-electron chi connectivity index (χ4n) is 6.08. The summed E-state index contributed by atoms with van der Waals surface area (Å²) in [5.74, 6) is -0.432. The predicted octanol–water partition coefficient (Wildman–Crippen LogP) is 4.89. The molecule has 1 aliphatic carbocycles.